The maximum atomic E-state index is 3.93. The predicted molar refractivity (Wildman–Crippen MR) is 61.4 cm³/mol. The molecule has 2 N–H and O–H groups in total. The van der Waals surface area contributed by atoms with Crippen molar-refractivity contribution in [2.24, 2.45) is 11.8 Å². The van der Waals surface area contributed by atoms with Crippen molar-refractivity contribution in [2.45, 2.75) is 39.2 Å². The van der Waals surface area contributed by atoms with E-state index < -0.39 is 0 Å². The summed E-state index contributed by atoms with van der Waals surface area (Å²) >= 11 is 0. The lowest BCUT2D eigenvalue weighted by atomic mass is 9.83. The normalized spacial score (nSPS) is 26.7. The fraction of sp³-hybridized carbons (Fsp3) is 0.750. The third-order valence-corrected chi connectivity index (χ3v) is 3.44. The van der Waals surface area contributed by atoms with Crippen molar-refractivity contribution in [3.8, 4) is 0 Å². The summed E-state index contributed by atoms with van der Waals surface area (Å²) in [6, 6.07) is 2.02. The Labute approximate surface area is 91.7 Å². The summed E-state index contributed by atoms with van der Waals surface area (Å²) in [5.74, 6) is 1.85. The molecule has 1 aliphatic carbocycles. The average Bonchev–Trinajstić information content (AvgIpc) is 2.74. The van der Waals surface area contributed by atoms with Crippen LogP contribution < -0.4 is 5.32 Å². The fourth-order valence-corrected chi connectivity index (χ4v) is 2.33. The predicted octanol–water partition coefficient (Wildman–Crippen LogP) is 2.33. The Morgan fingerprint density at radius 1 is 1.40 bits per heavy atom. The van der Waals surface area contributed by atoms with Gasteiger partial charge in [-0.3, -0.25) is 5.10 Å². The second kappa shape index (κ2) is 5.31. The minimum Gasteiger partial charge on any atom is -0.311 e. The number of hydrogen-bond acceptors (Lipinski definition) is 2. The summed E-state index contributed by atoms with van der Waals surface area (Å²) in [5.41, 5.74) is 1.18. The largest absolute Gasteiger partial charge is 0.311 e. The van der Waals surface area contributed by atoms with Gasteiger partial charge in [0.25, 0.3) is 0 Å². The molecular weight excluding hydrogens is 186 g/mol. The zero-order valence-electron chi connectivity index (χ0n) is 9.50. The van der Waals surface area contributed by atoms with Crippen molar-refractivity contribution < 1.29 is 0 Å². The maximum absolute atomic E-state index is 3.93. The van der Waals surface area contributed by atoms with Crippen LogP contribution in [0.4, 0.5) is 0 Å². The topological polar surface area (TPSA) is 40.7 Å². The van der Waals surface area contributed by atoms with Crippen molar-refractivity contribution in [1.82, 2.24) is 15.5 Å². The smallest absolute Gasteiger partial charge is 0.0490 e. The van der Waals surface area contributed by atoms with Crippen LogP contribution in [0.2, 0.25) is 0 Å². The summed E-state index contributed by atoms with van der Waals surface area (Å²) in [5, 5.41) is 10.4. The van der Waals surface area contributed by atoms with Gasteiger partial charge in [-0.05, 0) is 37.3 Å². The van der Waals surface area contributed by atoms with Crippen LogP contribution in [-0.4, -0.2) is 16.7 Å². The van der Waals surface area contributed by atoms with Crippen LogP contribution >= 0.6 is 0 Å². The molecule has 1 aromatic heterocycles. The van der Waals surface area contributed by atoms with Crippen molar-refractivity contribution in [2.75, 3.05) is 6.54 Å². The highest BCUT2D eigenvalue weighted by molar-refractivity contribution is 4.96. The van der Waals surface area contributed by atoms with Gasteiger partial charge in [-0.2, -0.15) is 5.10 Å². The standard InChI is InChI=1S/C12H21N3/c1-10-2-4-11(5-3-10)8-13-9-12-6-7-14-15-12/h6-7,10-11,13H,2-5,8-9H2,1H3,(H,14,15). The average molecular weight is 207 g/mol. The van der Waals surface area contributed by atoms with Crippen LogP contribution in [0.15, 0.2) is 12.3 Å². The molecule has 84 valence electrons. The number of aromatic nitrogens is 2. The molecule has 1 heterocycles. The number of nitrogens with one attached hydrogen (secondary N) is 2. The Bertz CT molecular complexity index is 260. The van der Waals surface area contributed by atoms with Gasteiger partial charge in [-0.15, -0.1) is 0 Å². The first-order chi connectivity index (χ1) is 7.34. The van der Waals surface area contributed by atoms with E-state index in [4.69, 9.17) is 0 Å². The summed E-state index contributed by atoms with van der Waals surface area (Å²) in [6.45, 7) is 4.45. The van der Waals surface area contributed by atoms with E-state index in [0.717, 1.165) is 24.9 Å². The number of aromatic amines is 1. The quantitative estimate of drug-likeness (QED) is 0.795. The Morgan fingerprint density at radius 2 is 2.20 bits per heavy atom. The number of nitrogens with zero attached hydrogens (tertiary/aromatic N) is 1. The van der Waals surface area contributed by atoms with Gasteiger partial charge in [0.15, 0.2) is 0 Å². The molecule has 0 atom stereocenters. The molecule has 0 unspecified atom stereocenters. The SMILES string of the molecule is CC1CCC(CNCc2ccn[nH]2)CC1. The third kappa shape index (κ3) is 3.34. The lowest BCUT2D eigenvalue weighted by Crippen LogP contribution is -2.25. The van der Waals surface area contributed by atoms with Gasteiger partial charge in [0.05, 0.1) is 0 Å². The highest BCUT2D eigenvalue weighted by atomic mass is 15.1. The van der Waals surface area contributed by atoms with Gasteiger partial charge < -0.3 is 5.32 Å². The molecule has 15 heavy (non-hydrogen) atoms. The first-order valence-electron chi connectivity index (χ1n) is 6.03. The molecule has 0 aliphatic heterocycles. The summed E-state index contributed by atoms with van der Waals surface area (Å²) in [7, 11) is 0. The van der Waals surface area contributed by atoms with Crippen LogP contribution in [0.5, 0.6) is 0 Å². The zero-order valence-corrected chi connectivity index (χ0v) is 9.50. The highest BCUT2D eigenvalue weighted by Crippen LogP contribution is 2.27. The van der Waals surface area contributed by atoms with Crippen LogP contribution in [0.25, 0.3) is 0 Å². The molecule has 3 heteroatoms. The van der Waals surface area contributed by atoms with E-state index in [1.807, 2.05) is 6.07 Å². The van der Waals surface area contributed by atoms with Gasteiger partial charge in [0.2, 0.25) is 0 Å². The van der Waals surface area contributed by atoms with E-state index >= 15 is 0 Å². The summed E-state index contributed by atoms with van der Waals surface area (Å²) in [6.07, 6.45) is 7.43. The molecule has 0 amide bonds. The van der Waals surface area contributed by atoms with Gasteiger partial charge in [0, 0.05) is 18.4 Å². The first-order valence-corrected chi connectivity index (χ1v) is 6.03. The minimum absolute atomic E-state index is 0.893. The number of hydrogen-bond donors (Lipinski definition) is 2. The van der Waals surface area contributed by atoms with E-state index in [2.05, 4.69) is 22.4 Å². The van der Waals surface area contributed by atoms with E-state index in [0.29, 0.717) is 0 Å². The van der Waals surface area contributed by atoms with Gasteiger partial charge in [-0.25, -0.2) is 0 Å². The van der Waals surface area contributed by atoms with Crippen molar-refractivity contribution in [1.29, 1.82) is 0 Å². The van der Waals surface area contributed by atoms with Crippen LogP contribution in [0, 0.1) is 11.8 Å². The van der Waals surface area contributed by atoms with Crippen LogP contribution in [0.1, 0.15) is 38.3 Å². The molecule has 1 aliphatic rings. The Balaban J connectivity index is 1.62. The lowest BCUT2D eigenvalue weighted by Gasteiger charge is -2.26. The van der Waals surface area contributed by atoms with Crippen molar-refractivity contribution >= 4 is 0 Å². The van der Waals surface area contributed by atoms with Crippen LogP contribution in [-0.2, 0) is 6.54 Å². The number of rotatable bonds is 4. The third-order valence-electron chi connectivity index (χ3n) is 3.44. The highest BCUT2D eigenvalue weighted by Gasteiger charge is 2.17. The van der Waals surface area contributed by atoms with E-state index in [1.165, 1.54) is 31.4 Å². The second-order valence-electron chi connectivity index (χ2n) is 4.84. The molecule has 2 rings (SSSR count). The lowest BCUT2D eigenvalue weighted by molar-refractivity contribution is 0.281. The Hall–Kier alpha value is -0.830. The molecule has 0 bridgehead atoms. The van der Waals surface area contributed by atoms with Crippen LogP contribution in [0.3, 0.4) is 0 Å². The van der Waals surface area contributed by atoms with Crippen molar-refractivity contribution in [3.05, 3.63) is 18.0 Å². The van der Waals surface area contributed by atoms with Gasteiger partial charge >= 0.3 is 0 Å². The summed E-state index contributed by atoms with van der Waals surface area (Å²) in [4.78, 5) is 0. The minimum atomic E-state index is 0.893. The van der Waals surface area contributed by atoms with E-state index in [9.17, 15) is 0 Å². The van der Waals surface area contributed by atoms with Crippen molar-refractivity contribution in [3.63, 3.8) is 0 Å². The second-order valence-corrected chi connectivity index (χ2v) is 4.84. The summed E-state index contributed by atoms with van der Waals surface area (Å²) < 4.78 is 0. The molecule has 0 radical (unpaired) electrons. The molecule has 3 nitrogen and oxygen atoms in total. The van der Waals surface area contributed by atoms with E-state index in [1.54, 1.807) is 6.20 Å². The number of H-pyrrole nitrogens is 1. The monoisotopic (exact) mass is 207 g/mol. The molecule has 1 fully saturated rings. The molecule has 0 spiro atoms. The fourth-order valence-electron chi connectivity index (χ4n) is 2.33. The molecule has 1 aromatic rings. The molecule has 0 aromatic carbocycles. The van der Waals surface area contributed by atoms with E-state index in [-0.39, 0.29) is 0 Å². The first kappa shape index (κ1) is 10.7. The van der Waals surface area contributed by atoms with Gasteiger partial charge in [0.1, 0.15) is 0 Å². The molecule has 1 saturated carbocycles. The maximum Gasteiger partial charge on any atom is 0.0490 e. The van der Waals surface area contributed by atoms with Gasteiger partial charge in [-0.1, -0.05) is 19.8 Å². The Morgan fingerprint density at radius 3 is 2.87 bits per heavy atom. The Kier molecular flexibility index (Phi) is 3.78. The zero-order chi connectivity index (χ0) is 10.5. The molecule has 0 saturated heterocycles. The molecular formula is C12H21N3.